The highest BCUT2D eigenvalue weighted by Crippen LogP contribution is 2.37. The summed E-state index contributed by atoms with van der Waals surface area (Å²) < 4.78 is 13.2. The van der Waals surface area contributed by atoms with Gasteiger partial charge in [-0.05, 0) is 99.1 Å². The average Bonchev–Trinajstić information content (AvgIpc) is 3.97. The third-order valence-electron chi connectivity index (χ3n) is 11.4. The largest absolute Gasteiger partial charge is 0.463 e. The molecule has 3 aromatic heterocycles. The second-order valence-electron chi connectivity index (χ2n) is 16.3. The molecule has 18 nitrogen and oxygen atoms in total. The molecule has 3 aliphatic heterocycles. The molecular formula is C44H56N12O6. The SMILES string of the molecule is CCCCOc1nc(N)c2c(n1)N(Cc1cc(CN3CCCC3)cc(Nc3nc(OCCCC)nc4c3[nH]c(=O)c(=O)n4Cc3cccc(CN4CCCC4)c3)c1)C(O)C(=O)N2. The Morgan fingerprint density at radius 3 is 2.03 bits per heavy atom. The number of nitrogens with two attached hydrogens (primary N) is 1. The molecule has 6 heterocycles. The topological polar surface area (TPSA) is 222 Å². The van der Waals surface area contributed by atoms with Crippen molar-refractivity contribution in [2.75, 3.05) is 60.7 Å². The number of ether oxygens (including phenoxy) is 2. The minimum Gasteiger partial charge on any atom is -0.463 e. The zero-order chi connectivity index (χ0) is 43.2. The van der Waals surface area contributed by atoms with Crippen LogP contribution in [0.2, 0.25) is 0 Å². The molecule has 8 rings (SSSR count). The van der Waals surface area contributed by atoms with E-state index in [1.807, 2.05) is 37.3 Å². The van der Waals surface area contributed by atoms with Crippen LogP contribution < -0.4 is 41.9 Å². The van der Waals surface area contributed by atoms with Gasteiger partial charge >= 0.3 is 23.1 Å². The summed E-state index contributed by atoms with van der Waals surface area (Å²) in [5.74, 6) is -0.193. The number of carbonyl (C=O) groups is 1. The molecule has 18 heteroatoms. The van der Waals surface area contributed by atoms with E-state index in [1.54, 1.807) is 0 Å². The normalized spacial score (nSPS) is 16.8. The van der Waals surface area contributed by atoms with Crippen molar-refractivity contribution >= 4 is 45.9 Å². The predicted octanol–water partition coefficient (Wildman–Crippen LogP) is 4.47. The molecule has 1 atom stereocenters. The van der Waals surface area contributed by atoms with Gasteiger partial charge in [-0.1, -0.05) is 57.0 Å². The zero-order valence-electron chi connectivity index (χ0n) is 35.5. The summed E-state index contributed by atoms with van der Waals surface area (Å²) in [5.41, 5.74) is 9.67. The fourth-order valence-electron chi connectivity index (χ4n) is 8.24. The molecule has 2 aromatic carbocycles. The number of aliphatic hydroxyl groups is 1. The van der Waals surface area contributed by atoms with Crippen LogP contribution in [0.25, 0.3) is 11.2 Å². The van der Waals surface area contributed by atoms with Gasteiger partial charge in [0.15, 0.2) is 23.1 Å². The number of likely N-dealkylation sites (tertiary alicyclic amines) is 2. The van der Waals surface area contributed by atoms with Gasteiger partial charge in [0.2, 0.25) is 6.23 Å². The van der Waals surface area contributed by atoms with E-state index in [0.29, 0.717) is 25.4 Å². The van der Waals surface area contributed by atoms with E-state index in [2.05, 4.69) is 54.4 Å². The van der Waals surface area contributed by atoms with Crippen molar-refractivity contribution in [1.82, 2.24) is 39.3 Å². The maximum absolute atomic E-state index is 13.7. The van der Waals surface area contributed by atoms with Crippen LogP contribution in [0.5, 0.6) is 12.0 Å². The van der Waals surface area contributed by atoms with Crippen LogP contribution in [0, 0.1) is 0 Å². The lowest BCUT2D eigenvalue weighted by Crippen LogP contribution is -2.48. The van der Waals surface area contributed by atoms with Gasteiger partial charge in [0.05, 0.1) is 19.8 Å². The number of hydrogen-bond acceptors (Lipinski definition) is 15. The molecule has 0 radical (unpaired) electrons. The summed E-state index contributed by atoms with van der Waals surface area (Å²) in [5, 5.41) is 17.4. The number of rotatable bonds is 18. The Bertz CT molecular complexity index is 2520. The maximum Gasteiger partial charge on any atom is 0.320 e. The maximum atomic E-state index is 13.7. The fraction of sp³-hybridized carbons (Fsp3) is 0.477. The van der Waals surface area contributed by atoms with Gasteiger partial charge in [-0.15, -0.1) is 0 Å². The van der Waals surface area contributed by atoms with E-state index in [4.69, 9.17) is 25.2 Å². The highest BCUT2D eigenvalue weighted by molar-refractivity contribution is 6.04. The highest BCUT2D eigenvalue weighted by Gasteiger charge is 2.35. The Morgan fingerprint density at radius 1 is 0.774 bits per heavy atom. The van der Waals surface area contributed by atoms with Crippen LogP contribution >= 0.6 is 0 Å². The standard InChI is InChI=1S/C44H56N12O6/c1-3-5-18-61-43-49-35(45)33-37(51-43)56(41(59)39(57)47-33)27-31-21-30(25-54-16-9-10-17-54)22-32(23-31)46-36-34-38(52-44(50-36)62-19-6-4-2)55(42(60)40(58)48-34)26-29-13-11-12-28(20-29)24-53-14-7-8-15-53/h11-13,20-23,41,59H,3-10,14-19,24-27H2,1-2H3,(H,47,57)(H,48,58)(H2,45,49,51)(H,46,50,52). The van der Waals surface area contributed by atoms with E-state index in [9.17, 15) is 19.5 Å². The van der Waals surface area contributed by atoms with E-state index in [-0.39, 0.29) is 59.4 Å². The smallest absolute Gasteiger partial charge is 0.320 e. The van der Waals surface area contributed by atoms with Crippen molar-refractivity contribution in [2.24, 2.45) is 0 Å². The van der Waals surface area contributed by atoms with Gasteiger partial charge in [-0.3, -0.25) is 28.8 Å². The van der Waals surface area contributed by atoms with Gasteiger partial charge in [0.25, 0.3) is 5.91 Å². The molecule has 3 aliphatic rings. The first-order chi connectivity index (χ1) is 30.1. The quantitative estimate of drug-likeness (QED) is 0.0607. The summed E-state index contributed by atoms with van der Waals surface area (Å²) in [6.07, 6.45) is 6.34. The van der Waals surface area contributed by atoms with Crippen molar-refractivity contribution in [3.05, 3.63) is 85.4 Å². The molecule has 0 saturated carbocycles. The number of aliphatic hydroxyl groups excluding tert-OH is 1. The highest BCUT2D eigenvalue weighted by atomic mass is 16.5. The number of nitrogens with one attached hydrogen (secondary N) is 3. The number of aromatic nitrogens is 6. The van der Waals surface area contributed by atoms with Crippen molar-refractivity contribution in [2.45, 2.75) is 97.6 Å². The van der Waals surface area contributed by atoms with Crippen molar-refractivity contribution in [1.29, 1.82) is 0 Å². The number of aromatic amines is 1. The molecule has 0 bridgehead atoms. The lowest BCUT2D eigenvalue weighted by molar-refractivity contribution is -0.124. The zero-order valence-corrected chi connectivity index (χ0v) is 35.5. The number of unbranched alkanes of at least 4 members (excludes halogenated alkanes) is 2. The summed E-state index contributed by atoms with van der Waals surface area (Å²) in [6.45, 7) is 10.5. The Hall–Kier alpha value is -6.11. The summed E-state index contributed by atoms with van der Waals surface area (Å²) in [4.78, 5) is 67.5. The molecule has 1 amide bonds. The van der Waals surface area contributed by atoms with Gasteiger partial charge in [-0.2, -0.15) is 19.9 Å². The first-order valence-electron chi connectivity index (χ1n) is 21.8. The van der Waals surface area contributed by atoms with E-state index in [1.165, 1.54) is 22.3 Å². The molecule has 1 unspecified atom stereocenters. The number of anilines is 5. The van der Waals surface area contributed by atoms with Gasteiger partial charge < -0.3 is 40.8 Å². The number of amides is 1. The van der Waals surface area contributed by atoms with Crippen LogP contribution in [0.4, 0.5) is 28.8 Å². The van der Waals surface area contributed by atoms with Crippen LogP contribution in [-0.2, 0) is 31.0 Å². The summed E-state index contributed by atoms with van der Waals surface area (Å²) >= 11 is 0. The third kappa shape index (κ3) is 9.82. The molecule has 5 aromatic rings. The van der Waals surface area contributed by atoms with E-state index in [0.717, 1.165) is 93.5 Å². The molecule has 328 valence electrons. The van der Waals surface area contributed by atoms with Gasteiger partial charge in [-0.25, -0.2) is 0 Å². The number of hydrogen-bond donors (Lipinski definition) is 5. The number of nitrogens with zero attached hydrogens (tertiary/aromatic N) is 8. The monoisotopic (exact) mass is 848 g/mol. The minimum atomic E-state index is -1.59. The van der Waals surface area contributed by atoms with Gasteiger partial charge in [0, 0.05) is 25.3 Å². The molecular weight excluding hydrogens is 793 g/mol. The van der Waals surface area contributed by atoms with Crippen molar-refractivity contribution in [3.63, 3.8) is 0 Å². The number of nitrogen functional groups attached to an aromatic ring is 1. The predicted molar refractivity (Wildman–Crippen MR) is 237 cm³/mol. The third-order valence-corrected chi connectivity index (χ3v) is 11.4. The summed E-state index contributed by atoms with van der Waals surface area (Å²) in [6, 6.07) is 14.1. The number of fused-ring (bicyclic) bond motifs is 2. The summed E-state index contributed by atoms with van der Waals surface area (Å²) in [7, 11) is 0. The van der Waals surface area contributed by atoms with Crippen LogP contribution in [0.1, 0.15) is 87.5 Å². The van der Waals surface area contributed by atoms with Crippen molar-refractivity contribution in [3.8, 4) is 12.0 Å². The van der Waals surface area contributed by atoms with Crippen LogP contribution in [0.3, 0.4) is 0 Å². The number of H-pyrrole nitrogens is 1. The van der Waals surface area contributed by atoms with Crippen LogP contribution in [0.15, 0.2) is 52.1 Å². The Morgan fingerprint density at radius 2 is 1.37 bits per heavy atom. The molecule has 2 fully saturated rings. The first kappa shape index (κ1) is 42.6. The van der Waals surface area contributed by atoms with E-state index >= 15 is 0 Å². The lowest BCUT2D eigenvalue weighted by atomic mass is 10.1. The second kappa shape index (κ2) is 19.3. The Kier molecular flexibility index (Phi) is 13.3. The fourth-order valence-corrected chi connectivity index (χ4v) is 8.24. The molecule has 0 aliphatic carbocycles. The molecule has 2 saturated heterocycles. The lowest BCUT2D eigenvalue weighted by Gasteiger charge is -2.34. The Balaban J connectivity index is 1.18. The van der Waals surface area contributed by atoms with E-state index < -0.39 is 23.3 Å². The minimum absolute atomic E-state index is 0.0201. The van der Waals surface area contributed by atoms with Crippen LogP contribution in [-0.4, -0.2) is 95.9 Å². The van der Waals surface area contributed by atoms with Gasteiger partial charge in [0.1, 0.15) is 11.2 Å². The Labute approximate surface area is 359 Å². The number of benzene rings is 2. The van der Waals surface area contributed by atoms with Crippen molar-refractivity contribution < 1.29 is 19.4 Å². The first-order valence-corrected chi connectivity index (χ1v) is 21.8. The molecule has 0 spiro atoms. The second-order valence-corrected chi connectivity index (χ2v) is 16.3. The molecule has 62 heavy (non-hydrogen) atoms. The number of carbonyl (C=O) groups excluding carboxylic acids is 1. The molecule has 6 N–H and O–H groups in total. The average molecular weight is 849 g/mol.